The third-order valence-electron chi connectivity index (χ3n) is 3.17. The molecule has 0 heterocycles. The molecule has 2 amide bonds. The van der Waals surface area contributed by atoms with Gasteiger partial charge >= 0.3 is 0 Å². The van der Waals surface area contributed by atoms with Crippen molar-refractivity contribution in [1.29, 1.82) is 0 Å². The van der Waals surface area contributed by atoms with Gasteiger partial charge in [-0.2, -0.15) is 0 Å². The van der Waals surface area contributed by atoms with Crippen molar-refractivity contribution in [1.82, 2.24) is 10.6 Å². The van der Waals surface area contributed by atoms with E-state index < -0.39 is 6.10 Å². The molecule has 1 aromatic rings. The Labute approximate surface area is 132 Å². The molecule has 1 aromatic carbocycles. The van der Waals surface area contributed by atoms with E-state index in [0.717, 1.165) is 17.3 Å². The van der Waals surface area contributed by atoms with E-state index in [1.807, 2.05) is 12.1 Å². The van der Waals surface area contributed by atoms with Crippen molar-refractivity contribution in [3.05, 3.63) is 28.7 Å². The second-order valence-corrected chi connectivity index (χ2v) is 5.99. The van der Waals surface area contributed by atoms with Crippen molar-refractivity contribution < 1.29 is 14.3 Å². The van der Waals surface area contributed by atoms with Gasteiger partial charge in [-0.15, -0.1) is 0 Å². The number of halogens is 1. The maximum atomic E-state index is 11.8. The summed E-state index contributed by atoms with van der Waals surface area (Å²) in [6, 6.07) is 7.30. The van der Waals surface area contributed by atoms with Crippen LogP contribution in [0.4, 0.5) is 0 Å². The fourth-order valence-electron chi connectivity index (χ4n) is 1.78. The molecule has 1 aliphatic rings. The van der Waals surface area contributed by atoms with E-state index >= 15 is 0 Å². The first-order valence-electron chi connectivity index (χ1n) is 7.04. The summed E-state index contributed by atoms with van der Waals surface area (Å²) >= 11 is 3.34. The molecule has 114 valence electrons. The van der Waals surface area contributed by atoms with E-state index in [9.17, 15) is 9.59 Å². The van der Waals surface area contributed by atoms with Crippen LogP contribution in [0.25, 0.3) is 0 Å². The normalized spacial score (nSPS) is 15.1. The van der Waals surface area contributed by atoms with E-state index in [2.05, 4.69) is 26.6 Å². The first-order chi connectivity index (χ1) is 10.1. The molecule has 0 spiro atoms. The van der Waals surface area contributed by atoms with Crippen molar-refractivity contribution in [2.45, 2.75) is 25.9 Å². The molecule has 2 rings (SSSR count). The number of carbonyl (C=O) groups is 2. The topological polar surface area (TPSA) is 67.4 Å². The van der Waals surface area contributed by atoms with Gasteiger partial charge in [-0.25, -0.2) is 0 Å². The summed E-state index contributed by atoms with van der Waals surface area (Å²) in [5.41, 5.74) is 0. The Morgan fingerprint density at radius 2 is 1.86 bits per heavy atom. The standard InChI is InChI=1S/C15H19BrN2O3/c1-10(21-13-6-4-12(16)5-7-13)14(19)17-8-9-18-15(20)11-2-3-11/h4-7,10-11H,2-3,8-9H2,1H3,(H,17,19)(H,18,20). The smallest absolute Gasteiger partial charge is 0.260 e. The molecule has 1 fully saturated rings. The van der Waals surface area contributed by atoms with Gasteiger partial charge in [0.2, 0.25) is 5.91 Å². The SMILES string of the molecule is CC(Oc1ccc(Br)cc1)C(=O)NCCNC(=O)C1CC1. The van der Waals surface area contributed by atoms with E-state index in [0.29, 0.717) is 18.8 Å². The molecule has 0 bridgehead atoms. The van der Waals surface area contributed by atoms with Gasteiger partial charge in [0.1, 0.15) is 5.75 Å². The molecular weight excluding hydrogens is 336 g/mol. The van der Waals surface area contributed by atoms with Crippen molar-refractivity contribution >= 4 is 27.7 Å². The summed E-state index contributed by atoms with van der Waals surface area (Å²) in [7, 11) is 0. The third kappa shape index (κ3) is 5.38. The number of carbonyl (C=O) groups excluding carboxylic acids is 2. The number of benzene rings is 1. The number of hydrogen-bond acceptors (Lipinski definition) is 3. The molecular formula is C15H19BrN2O3. The maximum Gasteiger partial charge on any atom is 0.260 e. The fraction of sp³-hybridized carbons (Fsp3) is 0.467. The van der Waals surface area contributed by atoms with Crippen LogP contribution in [0.5, 0.6) is 5.75 Å². The minimum Gasteiger partial charge on any atom is -0.481 e. The van der Waals surface area contributed by atoms with E-state index in [-0.39, 0.29) is 17.7 Å². The van der Waals surface area contributed by atoms with Gasteiger partial charge in [0.15, 0.2) is 6.10 Å². The van der Waals surface area contributed by atoms with E-state index in [1.54, 1.807) is 19.1 Å². The monoisotopic (exact) mass is 354 g/mol. The molecule has 6 heteroatoms. The van der Waals surface area contributed by atoms with Gasteiger partial charge in [0.25, 0.3) is 5.91 Å². The van der Waals surface area contributed by atoms with Crippen LogP contribution in [0, 0.1) is 5.92 Å². The Morgan fingerprint density at radius 1 is 1.24 bits per heavy atom. The minimum atomic E-state index is -0.578. The molecule has 1 atom stereocenters. The lowest BCUT2D eigenvalue weighted by atomic mass is 10.3. The lowest BCUT2D eigenvalue weighted by Crippen LogP contribution is -2.41. The Balaban J connectivity index is 1.64. The lowest BCUT2D eigenvalue weighted by Gasteiger charge is -2.15. The Morgan fingerprint density at radius 3 is 2.48 bits per heavy atom. The van der Waals surface area contributed by atoms with Crippen molar-refractivity contribution in [3.63, 3.8) is 0 Å². The summed E-state index contributed by atoms with van der Waals surface area (Å²) in [6.45, 7) is 2.55. The van der Waals surface area contributed by atoms with Gasteiger partial charge in [-0.05, 0) is 44.0 Å². The van der Waals surface area contributed by atoms with Crippen LogP contribution in [-0.2, 0) is 9.59 Å². The second kappa shape index (κ2) is 7.45. The first-order valence-corrected chi connectivity index (χ1v) is 7.83. The molecule has 5 nitrogen and oxygen atoms in total. The van der Waals surface area contributed by atoms with Gasteiger partial charge < -0.3 is 15.4 Å². The predicted octanol–water partition coefficient (Wildman–Crippen LogP) is 1.86. The van der Waals surface area contributed by atoms with E-state index in [4.69, 9.17) is 4.74 Å². The van der Waals surface area contributed by atoms with Crippen LogP contribution < -0.4 is 15.4 Å². The lowest BCUT2D eigenvalue weighted by molar-refractivity contribution is -0.127. The highest BCUT2D eigenvalue weighted by molar-refractivity contribution is 9.10. The Kier molecular flexibility index (Phi) is 5.61. The summed E-state index contributed by atoms with van der Waals surface area (Å²) in [5, 5.41) is 5.54. The number of ether oxygens (including phenoxy) is 1. The second-order valence-electron chi connectivity index (χ2n) is 5.07. The zero-order valence-corrected chi connectivity index (χ0v) is 13.5. The minimum absolute atomic E-state index is 0.0865. The van der Waals surface area contributed by atoms with Crippen LogP contribution >= 0.6 is 15.9 Å². The number of nitrogens with one attached hydrogen (secondary N) is 2. The highest BCUT2D eigenvalue weighted by Crippen LogP contribution is 2.28. The van der Waals surface area contributed by atoms with Crippen molar-refractivity contribution in [2.75, 3.05) is 13.1 Å². The maximum absolute atomic E-state index is 11.8. The summed E-state index contributed by atoms with van der Waals surface area (Å²) in [5.74, 6) is 0.727. The van der Waals surface area contributed by atoms with Crippen LogP contribution in [0.1, 0.15) is 19.8 Å². The number of rotatable bonds is 7. The predicted molar refractivity (Wildman–Crippen MR) is 83.0 cm³/mol. The van der Waals surface area contributed by atoms with Crippen LogP contribution in [-0.4, -0.2) is 31.0 Å². The van der Waals surface area contributed by atoms with E-state index in [1.165, 1.54) is 0 Å². The van der Waals surface area contributed by atoms with Gasteiger partial charge in [0, 0.05) is 23.5 Å². The molecule has 0 saturated heterocycles. The average Bonchev–Trinajstić information content (AvgIpc) is 3.30. The van der Waals surface area contributed by atoms with Gasteiger partial charge in [-0.3, -0.25) is 9.59 Å². The molecule has 0 aliphatic heterocycles. The first kappa shape index (κ1) is 15.8. The highest BCUT2D eigenvalue weighted by Gasteiger charge is 2.29. The van der Waals surface area contributed by atoms with Crippen LogP contribution in [0.3, 0.4) is 0 Å². The van der Waals surface area contributed by atoms with Crippen LogP contribution in [0.15, 0.2) is 28.7 Å². The molecule has 21 heavy (non-hydrogen) atoms. The van der Waals surface area contributed by atoms with Gasteiger partial charge in [0.05, 0.1) is 0 Å². The Bertz CT molecular complexity index is 500. The molecule has 0 aromatic heterocycles. The molecule has 1 saturated carbocycles. The van der Waals surface area contributed by atoms with Crippen molar-refractivity contribution in [3.8, 4) is 5.75 Å². The third-order valence-corrected chi connectivity index (χ3v) is 3.70. The average molecular weight is 355 g/mol. The fourth-order valence-corrected chi connectivity index (χ4v) is 2.04. The zero-order chi connectivity index (χ0) is 15.2. The van der Waals surface area contributed by atoms with Crippen LogP contribution in [0.2, 0.25) is 0 Å². The highest BCUT2D eigenvalue weighted by atomic mass is 79.9. The van der Waals surface area contributed by atoms with Gasteiger partial charge in [-0.1, -0.05) is 15.9 Å². The molecule has 0 radical (unpaired) electrons. The summed E-state index contributed by atoms with van der Waals surface area (Å²) in [6.07, 6.45) is 1.39. The largest absolute Gasteiger partial charge is 0.481 e. The summed E-state index contributed by atoms with van der Waals surface area (Å²) < 4.78 is 6.49. The summed E-state index contributed by atoms with van der Waals surface area (Å²) in [4.78, 5) is 23.2. The number of amides is 2. The quantitative estimate of drug-likeness (QED) is 0.734. The molecule has 1 unspecified atom stereocenters. The molecule has 2 N–H and O–H groups in total. The zero-order valence-electron chi connectivity index (χ0n) is 11.9. The number of hydrogen-bond donors (Lipinski definition) is 2. The van der Waals surface area contributed by atoms with Crippen molar-refractivity contribution in [2.24, 2.45) is 5.92 Å². The molecule has 1 aliphatic carbocycles. The Hall–Kier alpha value is -1.56.